The van der Waals surface area contributed by atoms with Crippen molar-refractivity contribution in [2.24, 2.45) is 0 Å². The van der Waals surface area contributed by atoms with Crippen LogP contribution in [0.2, 0.25) is 0 Å². The Bertz CT molecular complexity index is 750. The van der Waals surface area contributed by atoms with Gasteiger partial charge in [0.1, 0.15) is 17.8 Å². The maximum absolute atomic E-state index is 11.3. The number of nitrogens with one attached hydrogen (secondary N) is 2. The molecule has 6 heteroatoms. The van der Waals surface area contributed by atoms with E-state index in [2.05, 4.69) is 15.0 Å². The fraction of sp³-hybridized carbons (Fsp3) is 0.133. The van der Waals surface area contributed by atoms with E-state index in [-0.39, 0.29) is 0 Å². The standard InChI is InChI=1S/C15H12N4O2/c1-21-15(20)14-5-4-13(19-14)9-18-12-3-2-10(7-16)11(6-12)8-17/h2-6,18-19H,9H2,1H3. The highest BCUT2D eigenvalue weighted by Crippen LogP contribution is 2.15. The van der Waals surface area contributed by atoms with Crippen LogP contribution in [0.5, 0.6) is 0 Å². The Labute approximate surface area is 121 Å². The summed E-state index contributed by atoms with van der Waals surface area (Å²) in [7, 11) is 1.32. The second-order valence-corrected chi connectivity index (χ2v) is 4.23. The number of H-pyrrole nitrogens is 1. The number of hydrogen-bond acceptors (Lipinski definition) is 5. The average molecular weight is 280 g/mol. The zero-order chi connectivity index (χ0) is 15.2. The lowest BCUT2D eigenvalue weighted by Crippen LogP contribution is -2.04. The van der Waals surface area contributed by atoms with Gasteiger partial charge in [0.2, 0.25) is 0 Å². The van der Waals surface area contributed by atoms with Gasteiger partial charge in [-0.1, -0.05) is 0 Å². The van der Waals surface area contributed by atoms with Crippen molar-refractivity contribution in [1.82, 2.24) is 4.98 Å². The number of aromatic amines is 1. The van der Waals surface area contributed by atoms with Crippen LogP contribution in [0.25, 0.3) is 0 Å². The third-order valence-electron chi connectivity index (χ3n) is 2.90. The van der Waals surface area contributed by atoms with E-state index in [1.165, 1.54) is 7.11 Å². The molecule has 2 N–H and O–H groups in total. The molecule has 6 nitrogen and oxygen atoms in total. The van der Waals surface area contributed by atoms with Gasteiger partial charge in [0, 0.05) is 11.4 Å². The van der Waals surface area contributed by atoms with Crippen LogP contribution in [-0.4, -0.2) is 18.1 Å². The molecule has 0 saturated heterocycles. The molecule has 0 aliphatic heterocycles. The van der Waals surface area contributed by atoms with Crippen molar-refractivity contribution in [2.75, 3.05) is 12.4 Å². The normalized spacial score (nSPS) is 9.48. The zero-order valence-corrected chi connectivity index (χ0v) is 11.3. The van der Waals surface area contributed by atoms with E-state index >= 15 is 0 Å². The van der Waals surface area contributed by atoms with Gasteiger partial charge in [0.15, 0.2) is 0 Å². The molecule has 0 radical (unpaired) electrons. The lowest BCUT2D eigenvalue weighted by atomic mass is 10.1. The van der Waals surface area contributed by atoms with Crippen molar-refractivity contribution in [2.45, 2.75) is 6.54 Å². The number of nitriles is 2. The Kier molecular flexibility index (Phi) is 4.23. The Balaban J connectivity index is 2.07. The molecule has 104 valence electrons. The van der Waals surface area contributed by atoms with Gasteiger partial charge in [-0.05, 0) is 30.3 Å². The van der Waals surface area contributed by atoms with Crippen LogP contribution in [0.3, 0.4) is 0 Å². The molecule has 0 fully saturated rings. The highest BCUT2D eigenvalue weighted by molar-refractivity contribution is 5.87. The quantitative estimate of drug-likeness (QED) is 0.835. The van der Waals surface area contributed by atoms with E-state index in [0.717, 1.165) is 11.4 Å². The Morgan fingerprint density at radius 2 is 2.00 bits per heavy atom. The first-order valence-corrected chi connectivity index (χ1v) is 6.12. The number of esters is 1. The number of carbonyl (C=O) groups is 1. The summed E-state index contributed by atoms with van der Waals surface area (Å²) < 4.78 is 4.61. The number of carbonyl (C=O) groups excluding carboxylic acids is 1. The van der Waals surface area contributed by atoms with E-state index in [1.54, 1.807) is 30.3 Å². The molecule has 0 aliphatic rings. The van der Waals surface area contributed by atoms with E-state index < -0.39 is 5.97 Å². The lowest BCUT2D eigenvalue weighted by molar-refractivity contribution is 0.0594. The number of ether oxygens (including phenoxy) is 1. The van der Waals surface area contributed by atoms with Crippen molar-refractivity contribution in [3.05, 3.63) is 52.8 Å². The van der Waals surface area contributed by atoms with Crippen LogP contribution in [0.15, 0.2) is 30.3 Å². The van der Waals surface area contributed by atoms with Gasteiger partial charge in [-0.2, -0.15) is 10.5 Å². The molecule has 1 heterocycles. The molecule has 0 saturated carbocycles. The fourth-order valence-corrected chi connectivity index (χ4v) is 1.81. The minimum atomic E-state index is -0.425. The monoisotopic (exact) mass is 280 g/mol. The number of methoxy groups -OCH3 is 1. The summed E-state index contributed by atoms with van der Waals surface area (Å²) in [5.41, 5.74) is 2.57. The molecular weight excluding hydrogens is 268 g/mol. The highest BCUT2D eigenvalue weighted by Gasteiger charge is 2.08. The summed E-state index contributed by atoms with van der Waals surface area (Å²) in [5.74, 6) is -0.425. The molecule has 1 aromatic carbocycles. The topological polar surface area (TPSA) is 102 Å². The highest BCUT2D eigenvalue weighted by atomic mass is 16.5. The summed E-state index contributed by atoms with van der Waals surface area (Å²) >= 11 is 0. The molecule has 21 heavy (non-hydrogen) atoms. The van der Waals surface area contributed by atoms with Crippen LogP contribution in [-0.2, 0) is 11.3 Å². The fourth-order valence-electron chi connectivity index (χ4n) is 1.81. The molecule has 1 aromatic heterocycles. The van der Waals surface area contributed by atoms with Gasteiger partial charge in [-0.3, -0.25) is 0 Å². The average Bonchev–Trinajstić information content (AvgIpc) is 3.00. The van der Waals surface area contributed by atoms with Crippen molar-refractivity contribution in [3.63, 3.8) is 0 Å². The minimum Gasteiger partial charge on any atom is -0.464 e. The summed E-state index contributed by atoms with van der Waals surface area (Å²) in [4.78, 5) is 14.2. The van der Waals surface area contributed by atoms with Crippen LogP contribution < -0.4 is 5.32 Å². The summed E-state index contributed by atoms with van der Waals surface area (Å²) in [6.07, 6.45) is 0. The second kappa shape index (κ2) is 6.27. The van der Waals surface area contributed by atoms with E-state index in [4.69, 9.17) is 10.5 Å². The maximum Gasteiger partial charge on any atom is 0.354 e. The first-order valence-electron chi connectivity index (χ1n) is 6.12. The van der Waals surface area contributed by atoms with Gasteiger partial charge in [-0.25, -0.2) is 4.79 Å². The number of anilines is 1. The molecular formula is C15H12N4O2. The van der Waals surface area contributed by atoms with Gasteiger partial charge in [0.25, 0.3) is 0 Å². The molecule has 0 unspecified atom stereocenters. The molecule has 2 aromatic rings. The van der Waals surface area contributed by atoms with E-state index in [1.807, 2.05) is 12.1 Å². The smallest absolute Gasteiger partial charge is 0.354 e. The predicted octanol–water partition coefficient (Wildman–Crippen LogP) is 2.16. The van der Waals surface area contributed by atoms with Gasteiger partial charge in [0.05, 0.1) is 24.8 Å². The molecule has 0 spiro atoms. The van der Waals surface area contributed by atoms with Crippen molar-refractivity contribution in [1.29, 1.82) is 10.5 Å². The number of hydrogen-bond donors (Lipinski definition) is 2. The number of nitrogens with zero attached hydrogens (tertiary/aromatic N) is 2. The maximum atomic E-state index is 11.3. The number of rotatable bonds is 4. The minimum absolute atomic E-state index is 0.323. The van der Waals surface area contributed by atoms with E-state index in [0.29, 0.717) is 23.4 Å². The predicted molar refractivity (Wildman–Crippen MR) is 75.3 cm³/mol. The molecule has 0 aliphatic carbocycles. The third kappa shape index (κ3) is 3.20. The van der Waals surface area contributed by atoms with Crippen molar-refractivity contribution in [3.8, 4) is 12.1 Å². The molecule has 0 atom stereocenters. The largest absolute Gasteiger partial charge is 0.464 e. The van der Waals surface area contributed by atoms with E-state index in [9.17, 15) is 4.79 Å². The van der Waals surface area contributed by atoms with Gasteiger partial charge < -0.3 is 15.0 Å². The first kappa shape index (κ1) is 14.2. The molecule has 0 bridgehead atoms. The molecule has 0 amide bonds. The summed E-state index contributed by atoms with van der Waals surface area (Å²) in [6, 6.07) is 12.3. The second-order valence-electron chi connectivity index (χ2n) is 4.23. The van der Waals surface area contributed by atoms with Crippen LogP contribution in [0.4, 0.5) is 5.69 Å². The van der Waals surface area contributed by atoms with Gasteiger partial charge >= 0.3 is 5.97 Å². The SMILES string of the molecule is COC(=O)c1ccc(CNc2ccc(C#N)c(C#N)c2)[nH]1. The van der Waals surface area contributed by atoms with Crippen LogP contribution in [0.1, 0.15) is 27.3 Å². The van der Waals surface area contributed by atoms with Crippen LogP contribution >= 0.6 is 0 Å². The Morgan fingerprint density at radius 1 is 1.24 bits per heavy atom. The summed E-state index contributed by atoms with van der Waals surface area (Å²) in [5, 5.41) is 20.9. The van der Waals surface area contributed by atoms with Crippen molar-refractivity contribution >= 4 is 11.7 Å². The van der Waals surface area contributed by atoms with Gasteiger partial charge in [-0.15, -0.1) is 0 Å². The molecule has 2 rings (SSSR count). The Morgan fingerprint density at radius 3 is 2.67 bits per heavy atom. The number of aromatic nitrogens is 1. The summed E-state index contributed by atoms with van der Waals surface area (Å²) in [6.45, 7) is 0.452. The number of benzene rings is 1. The third-order valence-corrected chi connectivity index (χ3v) is 2.90. The Hall–Kier alpha value is -3.25. The zero-order valence-electron chi connectivity index (χ0n) is 11.3. The first-order chi connectivity index (χ1) is 10.2. The lowest BCUT2D eigenvalue weighted by Gasteiger charge is -2.06. The van der Waals surface area contributed by atoms with Crippen molar-refractivity contribution < 1.29 is 9.53 Å². The van der Waals surface area contributed by atoms with Crippen LogP contribution in [0, 0.1) is 22.7 Å².